The summed E-state index contributed by atoms with van der Waals surface area (Å²) in [4.78, 5) is 27.5. The standard InChI is InChI=1S/C22H19Cl2N3O3/c1-14(28)27-21-13-20(6-8-25-21)30-19-4-2-3-15(9-19)5-7-26-22(29)16-10-17(23)12-18(24)11-16/h2-4,6,8-13H,5,7H2,1H3,(H,26,29)(H,25,27,28). The van der Waals surface area contributed by atoms with Crippen LogP contribution in [0.2, 0.25) is 10.0 Å². The fourth-order valence-corrected chi connectivity index (χ4v) is 3.26. The summed E-state index contributed by atoms with van der Waals surface area (Å²) >= 11 is 11.9. The molecule has 6 nitrogen and oxygen atoms in total. The van der Waals surface area contributed by atoms with Crippen molar-refractivity contribution in [3.8, 4) is 11.5 Å². The Hall–Kier alpha value is -3.09. The molecule has 3 rings (SSSR count). The molecule has 0 spiro atoms. The maximum atomic E-state index is 12.3. The number of carbonyl (C=O) groups is 2. The van der Waals surface area contributed by atoms with Crippen LogP contribution in [0.25, 0.3) is 0 Å². The quantitative estimate of drug-likeness (QED) is 0.531. The molecule has 0 fully saturated rings. The number of rotatable bonds is 7. The summed E-state index contributed by atoms with van der Waals surface area (Å²) in [5.41, 5.74) is 1.41. The van der Waals surface area contributed by atoms with Crippen molar-refractivity contribution in [1.82, 2.24) is 10.3 Å². The minimum absolute atomic E-state index is 0.205. The highest BCUT2D eigenvalue weighted by molar-refractivity contribution is 6.35. The summed E-state index contributed by atoms with van der Waals surface area (Å²) in [6, 6.07) is 15.6. The molecule has 0 aliphatic heterocycles. The van der Waals surface area contributed by atoms with Gasteiger partial charge in [0.1, 0.15) is 17.3 Å². The van der Waals surface area contributed by atoms with E-state index >= 15 is 0 Å². The number of benzene rings is 2. The summed E-state index contributed by atoms with van der Waals surface area (Å²) in [5, 5.41) is 6.29. The maximum Gasteiger partial charge on any atom is 0.251 e. The van der Waals surface area contributed by atoms with Gasteiger partial charge in [-0.1, -0.05) is 35.3 Å². The number of anilines is 1. The molecule has 2 N–H and O–H groups in total. The highest BCUT2D eigenvalue weighted by Gasteiger charge is 2.08. The third-order valence-corrected chi connectivity index (χ3v) is 4.43. The first-order valence-corrected chi connectivity index (χ1v) is 9.89. The molecule has 0 atom stereocenters. The first-order chi connectivity index (χ1) is 14.4. The van der Waals surface area contributed by atoms with Crippen LogP contribution in [0, 0.1) is 0 Å². The normalized spacial score (nSPS) is 10.4. The highest BCUT2D eigenvalue weighted by Crippen LogP contribution is 2.24. The molecule has 0 bridgehead atoms. The Labute approximate surface area is 184 Å². The summed E-state index contributed by atoms with van der Waals surface area (Å²) in [5.74, 6) is 1.16. The van der Waals surface area contributed by atoms with Crippen molar-refractivity contribution in [2.24, 2.45) is 0 Å². The number of amides is 2. The molecular formula is C22H19Cl2N3O3. The van der Waals surface area contributed by atoms with Gasteiger partial charge in [-0.25, -0.2) is 4.98 Å². The summed E-state index contributed by atoms with van der Waals surface area (Å²) < 4.78 is 5.86. The SMILES string of the molecule is CC(=O)Nc1cc(Oc2cccc(CCNC(=O)c3cc(Cl)cc(Cl)c3)c2)ccn1. The number of nitrogens with one attached hydrogen (secondary N) is 2. The predicted octanol–water partition coefficient (Wildman–Crippen LogP) is 5.11. The monoisotopic (exact) mass is 443 g/mol. The minimum atomic E-state index is -0.242. The van der Waals surface area contributed by atoms with E-state index in [4.69, 9.17) is 27.9 Å². The average molecular weight is 444 g/mol. The van der Waals surface area contributed by atoms with Crippen molar-refractivity contribution in [2.45, 2.75) is 13.3 Å². The van der Waals surface area contributed by atoms with Gasteiger partial charge in [-0.2, -0.15) is 0 Å². The van der Waals surface area contributed by atoms with E-state index in [9.17, 15) is 9.59 Å². The van der Waals surface area contributed by atoms with Crippen LogP contribution in [0.1, 0.15) is 22.8 Å². The molecule has 30 heavy (non-hydrogen) atoms. The van der Waals surface area contributed by atoms with Crippen LogP contribution in [-0.4, -0.2) is 23.3 Å². The second-order valence-corrected chi connectivity index (χ2v) is 7.34. The van der Waals surface area contributed by atoms with E-state index in [-0.39, 0.29) is 11.8 Å². The van der Waals surface area contributed by atoms with E-state index in [1.807, 2.05) is 24.3 Å². The smallest absolute Gasteiger partial charge is 0.251 e. The van der Waals surface area contributed by atoms with Crippen molar-refractivity contribution in [2.75, 3.05) is 11.9 Å². The molecule has 1 aromatic heterocycles. The van der Waals surface area contributed by atoms with Crippen molar-refractivity contribution < 1.29 is 14.3 Å². The molecule has 0 saturated heterocycles. The Kier molecular flexibility index (Phi) is 7.27. The van der Waals surface area contributed by atoms with Crippen molar-refractivity contribution in [3.63, 3.8) is 0 Å². The summed E-state index contributed by atoms with van der Waals surface area (Å²) in [6.45, 7) is 1.85. The predicted molar refractivity (Wildman–Crippen MR) is 118 cm³/mol. The third kappa shape index (κ3) is 6.47. The lowest BCUT2D eigenvalue weighted by Crippen LogP contribution is -2.25. The summed E-state index contributed by atoms with van der Waals surface area (Å²) in [7, 11) is 0. The van der Waals surface area contributed by atoms with E-state index in [2.05, 4.69) is 15.6 Å². The number of nitrogens with zero attached hydrogens (tertiary/aromatic N) is 1. The molecule has 0 radical (unpaired) electrons. The van der Waals surface area contributed by atoms with E-state index in [1.54, 1.807) is 36.5 Å². The zero-order valence-electron chi connectivity index (χ0n) is 16.1. The largest absolute Gasteiger partial charge is 0.457 e. The second-order valence-electron chi connectivity index (χ2n) is 6.47. The Morgan fingerprint density at radius 2 is 1.73 bits per heavy atom. The third-order valence-electron chi connectivity index (χ3n) is 3.99. The topological polar surface area (TPSA) is 80.3 Å². The van der Waals surface area contributed by atoms with Gasteiger partial charge in [-0.15, -0.1) is 0 Å². The van der Waals surface area contributed by atoms with Gasteiger partial charge in [-0.05, 0) is 48.4 Å². The number of pyridine rings is 1. The van der Waals surface area contributed by atoms with Crippen LogP contribution in [0.5, 0.6) is 11.5 Å². The Bertz CT molecular complexity index is 1050. The van der Waals surface area contributed by atoms with Gasteiger partial charge in [0.05, 0.1) is 0 Å². The van der Waals surface area contributed by atoms with Crippen LogP contribution in [0.3, 0.4) is 0 Å². The fourth-order valence-electron chi connectivity index (χ4n) is 2.73. The molecule has 0 unspecified atom stereocenters. The van der Waals surface area contributed by atoms with E-state index in [1.165, 1.54) is 6.92 Å². The van der Waals surface area contributed by atoms with Crippen LogP contribution in [0.15, 0.2) is 60.8 Å². The lowest BCUT2D eigenvalue weighted by Gasteiger charge is -2.10. The Morgan fingerprint density at radius 1 is 1.00 bits per heavy atom. The molecular weight excluding hydrogens is 425 g/mol. The number of carbonyl (C=O) groups excluding carboxylic acids is 2. The van der Waals surface area contributed by atoms with Gasteiger partial charge in [0.15, 0.2) is 0 Å². The van der Waals surface area contributed by atoms with Gasteiger partial charge >= 0.3 is 0 Å². The zero-order valence-corrected chi connectivity index (χ0v) is 17.6. The van der Waals surface area contributed by atoms with Gasteiger partial charge in [-0.3, -0.25) is 9.59 Å². The number of aromatic nitrogens is 1. The van der Waals surface area contributed by atoms with Crippen LogP contribution in [0.4, 0.5) is 5.82 Å². The lowest BCUT2D eigenvalue weighted by atomic mass is 10.1. The molecule has 0 aliphatic rings. The lowest BCUT2D eigenvalue weighted by molar-refractivity contribution is -0.114. The van der Waals surface area contributed by atoms with Gasteiger partial charge in [0, 0.05) is 41.3 Å². The molecule has 8 heteroatoms. The van der Waals surface area contributed by atoms with Gasteiger partial charge in [0.25, 0.3) is 5.91 Å². The minimum Gasteiger partial charge on any atom is -0.457 e. The summed E-state index contributed by atoms with van der Waals surface area (Å²) in [6.07, 6.45) is 2.17. The first kappa shape index (κ1) is 21.6. The fraction of sp³-hybridized carbons (Fsp3) is 0.136. The Balaban J connectivity index is 1.58. The van der Waals surface area contributed by atoms with Gasteiger partial charge in [0.2, 0.25) is 5.91 Å². The molecule has 0 aliphatic carbocycles. The number of hydrogen-bond donors (Lipinski definition) is 2. The maximum absolute atomic E-state index is 12.3. The van der Waals surface area contributed by atoms with E-state index in [0.717, 1.165) is 5.56 Å². The second kappa shape index (κ2) is 10.1. The number of halogens is 2. The number of hydrogen-bond acceptors (Lipinski definition) is 4. The van der Waals surface area contributed by atoms with Crippen LogP contribution < -0.4 is 15.4 Å². The van der Waals surface area contributed by atoms with Crippen molar-refractivity contribution >= 4 is 40.8 Å². The Morgan fingerprint density at radius 3 is 2.47 bits per heavy atom. The van der Waals surface area contributed by atoms with Crippen molar-refractivity contribution in [3.05, 3.63) is 82.0 Å². The average Bonchev–Trinajstić information content (AvgIpc) is 2.67. The first-order valence-electron chi connectivity index (χ1n) is 9.14. The molecule has 2 aromatic carbocycles. The molecule has 0 saturated carbocycles. The zero-order chi connectivity index (χ0) is 21.5. The van der Waals surface area contributed by atoms with Crippen LogP contribution >= 0.6 is 23.2 Å². The number of ether oxygens (including phenoxy) is 1. The molecule has 1 heterocycles. The van der Waals surface area contributed by atoms with Gasteiger partial charge < -0.3 is 15.4 Å². The van der Waals surface area contributed by atoms with E-state index < -0.39 is 0 Å². The molecule has 3 aromatic rings. The highest BCUT2D eigenvalue weighted by atomic mass is 35.5. The van der Waals surface area contributed by atoms with Crippen molar-refractivity contribution in [1.29, 1.82) is 0 Å². The van der Waals surface area contributed by atoms with Crippen LogP contribution in [-0.2, 0) is 11.2 Å². The molecule has 2 amide bonds. The molecule has 154 valence electrons. The van der Waals surface area contributed by atoms with E-state index in [0.29, 0.717) is 45.9 Å².